The van der Waals surface area contributed by atoms with Crippen LogP contribution in [0.3, 0.4) is 0 Å². The van der Waals surface area contributed by atoms with Crippen LogP contribution in [0.25, 0.3) is 0 Å². The molecule has 2 aromatic rings. The number of nitrogens with one attached hydrogen (secondary N) is 3. The van der Waals surface area contributed by atoms with Crippen molar-refractivity contribution >= 4 is 17.4 Å². The minimum Gasteiger partial charge on any atom is -0.486 e. The van der Waals surface area contributed by atoms with E-state index in [1.807, 2.05) is 6.07 Å². The van der Waals surface area contributed by atoms with Gasteiger partial charge in [-0.2, -0.15) is 13.2 Å². The molecule has 0 aromatic heterocycles. The smallest absolute Gasteiger partial charge is 0.416 e. The molecule has 0 saturated heterocycles. The highest BCUT2D eigenvalue weighted by Crippen LogP contribution is 2.35. The van der Waals surface area contributed by atoms with Gasteiger partial charge in [-0.3, -0.25) is 10.1 Å². The number of fused-ring (bicyclic) bond motifs is 1. The summed E-state index contributed by atoms with van der Waals surface area (Å²) in [6.07, 6.45) is -5.05. The van der Waals surface area contributed by atoms with E-state index in [1.165, 1.54) is 0 Å². The Hall–Kier alpha value is -3.70. The summed E-state index contributed by atoms with van der Waals surface area (Å²) in [5.74, 6) is 1.22. The van der Waals surface area contributed by atoms with Crippen LogP contribution in [0.5, 0.6) is 11.5 Å². The second-order valence-electron chi connectivity index (χ2n) is 6.55. The molecule has 0 spiro atoms. The number of anilines is 1. The van der Waals surface area contributed by atoms with Gasteiger partial charge >= 0.3 is 12.2 Å². The maximum Gasteiger partial charge on any atom is 0.416 e. The number of hydrogen-bond acceptors (Lipinski definition) is 6. The normalized spacial score (nSPS) is 15.1. The predicted molar refractivity (Wildman–Crippen MR) is 104 cm³/mol. The number of alkyl halides is 3. The van der Waals surface area contributed by atoms with E-state index < -0.39 is 28.4 Å². The Morgan fingerprint density at radius 2 is 1.87 bits per heavy atom. The van der Waals surface area contributed by atoms with Crippen LogP contribution in [-0.2, 0) is 6.18 Å². The van der Waals surface area contributed by atoms with E-state index in [4.69, 9.17) is 9.47 Å². The lowest BCUT2D eigenvalue weighted by Gasteiger charge is -2.26. The number of benzene rings is 2. The maximum atomic E-state index is 12.7. The molecule has 12 heteroatoms. The fourth-order valence-electron chi connectivity index (χ4n) is 2.81. The molecular weight excluding hydrogens is 421 g/mol. The van der Waals surface area contributed by atoms with Gasteiger partial charge in [0.15, 0.2) is 17.6 Å². The highest BCUT2D eigenvalue weighted by molar-refractivity contribution is 5.74. The van der Waals surface area contributed by atoms with Gasteiger partial charge in [0.1, 0.15) is 12.3 Å². The van der Waals surface area contributed by atoms with Gasteiger partial charge in [-0.1, -0.05) is 12.1 Å². The Kier molecular flexibility index (Phi) is 6.68. The van der Waals surface area contributed by atoms with E-state index >= 15 is 0 Å². The molecule has 31 heavy (non-hydrogen) atoms. The van der Waals surface area contributed by atoms with Crippen LogP contribution in [0.1, 0.15) is 5.56 Å². The summed E-state index contributed by atoms with van der Waals surface area (Å²) in [5.41, 5.74) is -1.89. The van der Waals surface area contributed by atoms with Gasteiger partial charge in [-0.25, -0.2) is 4.79 Å². The Bertz CT molecular complexity index is 954. The highest BCUT2D eigenvalue weighted by Gasteiger charge is 2.33. The van der Waals surface area contributed by atoms with Crippen molar-refractivity contribution in [3.63, 3.8) is 0 Å². The largest absolute Gasteiger partial charge is 0.486 e. The molecule has 166 valence electrons. The van der Waals surface area contributed by atoms with Crippen molar-refractivity contribution in [2.75, 3.05) is 31.6 Å². The van der Waals surface area contributed by atoms with Gasteiger partial charge in [-0.15, -0.1) is 0 Å². The number of carbonyl (C=O) groups is 1. The maximum absolute atomic E-state index is 12.7. The molecule has 2 aromatic carbocycles. The molecule has 0 unspecified atom stereocenters. The van der Waals surface area contributed by atoms with Crippen molar-refractivity contribution in [1.29, 1.82) is 0 Å². The number of carbonyl (C=O) groups excluding carboxylic acids is 1. The SMILES string of the molecule is O=C(NCCNc1ccc(C(F)(F)F)cc1[N+](=O)[O-])NC[C@@H]1COc2ccccc2O1. The molecule has 0 aliphatic carbocycles. The summed E-state index contributed by atoms with van der Waals surface area (Å²) in [5, 5.41) is 18.9. The summed E-state index contributed by atoms with van der Waals surface area (Å²) in [7, 11) is 0. The van der Waals surface area contributed by atoms with Gasteiger partial charge in [0.25, 0.3) is 5.69 Å². The quantitative estimate of drug-likeness (QED) is 0.346. The average molecular weight is 440 g/mol. The summed E-state index contributed by atoms with van der Waals surface area (Å²) in [6.45, 7) is 0.610. The van der Waals surface area contributed by atoms with E-state index in [1.54, 1.807) is 18.2 Å². The average Bonchev–Trinajstić information content (AvgIpc) is 2.74. The molecule has 0 radical (unpaired) electrons. The molecule has 9 nitrogen and oxygen atoms in total. The van der Waals surface area contributed by atoms with Crippen molar-refractivity contribution in [1.82, 2.24) is 10.6 Å². The third kappa shape index (κ3) is 5.90. The van der Waals surface area contributed by atoms with Crippen molar-refractivity contribution in [3.8, 4) is 11.5 Å². The van der Waals surface area contributed by atoms with Gasteiger partial charge in [-0.05, 0) is 24.3 Å². The van der Waals surface area contributed by atoms with E-state index in [2.05, 4.69) is 16.0 Å². The Morgan fingerprint density at radius 3 is 2.58 bits per heavy atom. The highest BCUT2D eigenvalue weighted by atomic mass is 19.4. The number of nitro groups is 1. The first-order valence-electron chi connectivity index (χ1n) is 9.23. The Morgan fingerprint density at radius 1 is 1.13 bits per heavy atom. The minimum absolute atomic E-state index is 0.0655. The number of para-hydroxylation sites is 2. The number of nitro benzene ring substituents is 1. The zero-order valence-electron chi connectivity index (χ0n) is 16.1. The second kappa shape index (κ2) is 9.41. The molecule has 0 bridgehead atoms. The van der Waals surface area contributed by atoms with E-state index in [-0.39, 0.29) is 38.0 Å². The van der Waals surface area contributed by atoms with Crippen LogP contribution >= 0.6 is 0 Å². The Labute approximate surface area is 174 Å². The zero-order chi connectivity index (χ0) is 22.4. The van der Waals surface area contributed by atoms with Gasteiger partial charge in [0.05, 0.1) is 17.0 Å². The molecule has 2 amide bonds. The second-order valence-corrected chi connectivity index (χ2v) is 6.55. The van der Waals surface area contributed by atoms with Crippen molar-refractivity contribution in [2.24, 2.45) is 0 Å². The number of nitrogens with zero attached hydrogens (tertiary/aromatic N) is 1. The lowest BCUT2D eigenvalue weighted by atomic mass is 10.1. The molecule has 3 N–H and O–H groups in total. The summed E-state index contributed by atoms with van der Waals surface area (Å²) in [4.78, 5) is 22.0. The molecule has 0 fully saturated rings. The fraction of sp³-hybridized carbons (Fsp3) is 0.316. The third-order valence-corrected chi connectivity index (χ3v) is 4.31. The minimum atomic E-state index is -4.68. The first-order chi connectivity index (χ1) is 14.7. The molecule has 1 atom stereocenters. The zero-order valence-corrected chi connectivity index (χ0v) is 16.1. The molecule has 3 rings (SSSR count). The van der Waals surface area contributed by atoms with Crippen molar-refractivity contribution < 1.29 is 32.4 Å². The lowest BCUT2D eigenvalue weighted by molar-refractivity contribution is -0.384. The standard InChI is InChI=1S/C19H19F3N4O5/c20-19(21,22)12-5-6-14(15(9-12)26(28)29)23-7-8-24-18(27)25-10-13-11-30-16-3-1-2-4-17(16)31-13/h1-6,9,13,23H,7-8,10-11H2,(H2,24,25,27)/t13-/m1/s1. The van der Waals surface area contributed by atoms with Crippen molar-refractivity contribution in [3.05, 3.63) is 58.1 Å². The molecular formula is C19H19F3N4O5. The van der Waals surface area contributed by atoms with E-state index in [0.717, 1.165) is 12.1 Å². The summed E-state index contributed by atoms with van der Waals surface area (Å²) >= 11 is 0. The first kappa shape index (κ1) is 22.0. The van der Waals surface area contributed by atoms with Gasteiger partial charge in [0, 0.05) is 19.2 Å². The van der Waals surface area contributed by atoms with E-state index in [9.17, 15) is 28.1 Å². The van der Waals surface area contributed by atoms with Crippen LogP contribution in [0.2, 0.25) is 0 Å². The number of ether oxygens (including phenoxy) is 2. The van der Waals surface area contributed by atoms with Crippen LogP contribution < -0.4 is 25.4 Å². The number of urea groups is 1. The third-order valence-electron chi connectivity index (χ3n) is 4.31. The summed E-state index contributed by atoms with van der Waals surface area (Å²) < 4.78 is 49.4. The van der Waals surface area contributed by atoms with Crippen LogP contribution in [0.15, 0.2) is 42.5 Å². The number of hydrogen-bond donors (Lipinski definition) is 3. The number of halogens is 3. The fourth-order valence-corrected chi connectivity index (χ4v) is 2.81. The number of amides is 2. The monoisotopic (exact) mass is 440 g/mol. The van der Waals surface area contributed by atoms with Gasteiger partial charge < -0.3 is 25.4 Å². The topological polar surface area (TPSA) is 115 Å². The van der Waals surface area contributed by atoms with Crippen LogP contribution in [0.4, 0.5) is 29.3 Å². The first-order valence-corrected chi connectivity index (χ1v) is 9.23. The van der Waals surface area contributed by atoms with E-state index in [0.29, 0.717) is 17.6 Å². The summed E-state index contributed by atoms with van der Waals surface area (Å²) in [6, 6.07) is 8.87. The molecule has 1 aliphatic rings. The predicted octanol–water partition coefficient (Wildman–Crippen LogP) is 3.16. The van der Waals surface area contributed by atoms with Crippen molar-refractivity contribution in [2.45, 2.75) is 12.3 Å². The molecule has 0 saturated carbocycles. The Balaban J connectivity index is 1.42. The van der Waals surface area contributed by atoms with Gasteiger partial charge in [0.2, 0.25) is 0 Å². The number of rotatable bonds is 7. The van der Waals surface area contributed by atoms with Crippen LogP contribution in [-0.4, -0.2) is 43.3 Å². The lowest BCUT2D eigenvalue weighted by Crippen LogP contribution is -2.45. The molecule has 1 aliphatic heterocycles. The molecule has 1 heterocycles. The van der Waals surface area contributed by atoms with Crippen LogP contribution in [0, 0.1) is 10.1 Å².